The van der Waals surface area contributed by atoms with E-state index >= 15 is 0 Å². The van der Waals surface area contributed by atoms with Crippen molar-refractivity contribution in [2.24, 2.45) is 0 Å². The van der Waals surface area contributed by atoms with Crippen LogP contribution in [0.4, 0.5) is 0 Å². The molecule has 2 aromatic carbocycles. The zero-order chi connectivity index (χ0) is 19.8. The van der Waals surface area contributed by atoms with Crippen LogP contribution < -0.4 is 15.9 Å². The van der Waals surface area contributed by atoms with Crippen molar-refractivity contribution in [2.45, 2.75) is 18.0 Å². The highest BCUT2D eigenvalue weighted by molar-refractivity contribution is 7.99. The van der Waals surface area contributed by atoms with Gasteiger partial charge in [-0.25, -0.2) is 4.68 Å². The maximum Gasteiger partial charge on any atom is 0.230 e. The normalized spacial score (nSPS) is 10.6. The molecule has 0 aliphatic rings. The quantitative estimate of drug-likeness (QED) is 0.327. The molecule has 3 aromatic rings. The molecule has 1 aromatic heterocycles. The summed E-state index contributed by atoms with van der Waals surface area (Å²) >= 11 is 1.26. The summed E-state index contributed by atoms with van der Waals surface area (Å²) in [7, 11) is 1.61. The smallest absolute Gasteiger partial charge is 0.230 e. The van der Waals surface area contributed by atoms with E-state index in [4.69, 9.17) is 10.6 Å². The molecule has 7 nitrogen and oxygen atoms in total. The third kappa shape index (κ3) is 5.26. The van der Waals surface area contributed by atoms with E-state index in [0.29, 0.717) is 17.5 Å². The van der Waals surface area contributed by atoms with Crippen LogP contribution in [0.1, 0.15) is 12.0 Å². The molecule has 28 heavy (non-hydrogen) atoms. The first-order valence-corrected chi connectivity index (χ1v) is 9.94. The van der Waals surface area contributed by atoms with Crippen molar-refractivity contribution >= 4 is 17.7 Å². The molecule has 0 bridgehead atoms. The number of rotatable bonds is 9. The second-order valence-electron chi connectivity index (χ2n) is 6.13. The van der Waals surface area contributed by atoms with Gasteiger partial charge in [0, 0.05) is 12.1 Å². The molecule has 146 valence electrons. The first kappa shape index (κ1) is 19.8. The summed E-state index contributed by atoms with van der Waals surface area (Å²) < 4.78 is 6.55. The Labute approximate surface area is 168 Å². The van der Waals surface area contributed by atoms with Gasteiger partial charge in [0.1, 0.15) is 5.75 Å². The van der Waals surface area contributed by atoms with Gasteiger partial charge in [0.2, 0.25) is 11.1 Å². The maximum atomic E-state index is 12.0. The highest BCUT2D eigenvalue weighted by atomic mass is 32.2. The summed E-state index contributed by atoms with van der Waals surface area (Å²) in [5, 5.41) is 11.6. The number of benzene rings is 2. The van der Waals surface area contributed by atoms with Crippen molar-refractivity contribution in [1.82, 2.24) is 20.2 Å². The third-order valence-electron chi connectivity index (χ3n) is 4.15. The zero-order valence-corrected chi connectivity index (χ0v) is 16.5. The number of carbonyl (C=O) groups excluding carboxylic acids is 1. The van der Waals surface area contributed by atoms with Crippen molar-refractivity contribution in [1.29, 1.82) is 0 Å². The van der Waals surface area contributed by atoms with Crippen LogP contribution in [0.15, 0.2) is 59.8 Å². The molecule has 0 fully saturated rings. The van der Waals surface area contributed by atoms with E-state index in [1.54, 1.807) is 7.11 Å². The van der Waals surface area contributed by atoms with Crippen LogP contribution in [-0.2, 0) is 11.2 Å². The first-order chi connectivity index (χ1) is 13.7. The Bertz CT molecular complexity index is 897. The number of nitrogens with two attached hydrogens (primary N) is 1. The third-order valence-corrected chi connectivity index (χ3v) is 5.10. The Morgan fingerprint density at radius 1 is 1.14 bits per heavy atom. The lowest BCUT2D eigenvalue weighted by molar-refractivity contribution is -0.118. The van der Waals surface area contributed by atoms with Crippen LogP contribution in [0.5, 0.6) is 5.75 Å². The van der Waals surface area contributed by atoms with Gasteiger partial charge in [-0.2, -0.15) is 0 Å². The molecule has 3 rings (SSSR count). The molecule has 1 heterocycles. The van der Waals surface area contributed by atoms with Gasteiger partial charge < -0.3 is 15.9 Å². The van der Waals surface area contributed by atoms with Crippen LogP contribution >= 0.6 is 11.8 Å². The van der Waals surface area contributed by atoms with Gasteiger partial charge in [0.25, 0.3) is 0 Å². The Morgan fingerprint density at radius 2 is 1.89 bits per heavy atom. The summed E-state index contributed by atoms with van der Waals surface area (Å²) in [6.07, 6.45) is 1.84. The van der Waals surface area contributed by atoms with E-state index in [-0.39, 0.29) is 11.7 Å². The second kappa shape index (κ2) is 9.80. The summed E-state index contributed by atoms with van der Waals surface area (Å²) in [4.78, 5) is 12.0. The first-order valence-electron chi connectivity index (χ1n) is 8.95. The monoisotopic (exact) mass is 397 g/mol. The minimum absolute atomic E-state index is 0.0490. The molecule has 0 atom stereocenters. The van der Waals surface area contributed by atoms with Gasteiger partial charge in [-0.1, -0.05) is 42.1 Å². The van der Waals surface area contributed by atoms with Crippen LogP contribution in [0, 0.1) is 0 Å². The zero-order valence-electron chi connectivity index (χ0n) is 15.7. The van der Waals surface area contributed by atoms with E-state index in [9.17, 15) is 4.79 Å². The molecule has 0 radical (unpaired) electrons. The summed E-state index contributed by atoms with van der Waals surface area (Å²) in [5.74, 6) is 7.57. The predicted octanol–water partition coefficient (Wildman–Crippen LogP) is 2.51. The number of methoxy groups -OCH3 is 1. The number of thioether (sulfide) groups is 1. The van der Waals surface area contributed by atoms with Gasteiger partial charge in [-0.15, -0.1) is 10.2 Å². The molecule has 0 saturated heterocycles. The van der Waals surface area contributed by atoms with E-state index in [2.05, 4.69) is 27.6 Å². The standard InChI is InChI=1S/C20H23N5O2S/c1-27-17-11-9-16(10-12-17)19-23-24-20(25(19)21)28-14-18(26)22-13-5-8-15-6-3-2-4-7-15/h2-4,6-7,9-12H,5,8,13-14,21H2,1H3,(H,22,26). The molecule has 8 heteroatoms. The van der Waals surface area contributed by atoms with Gasteiger partial charge >= 0.3 is 0 Å². The number of amides is 1. The number of aryl methyl sites for hydroxylation is 1. The van der Waals surface area contributed by atoms with Crippen molar-refractivity contribution in [2.75, 3.05) is 25.3 Å². The number of ether oxygens (including phenoxy) is 1. The number of nitrogens with zero attached hydrogens (tertiary/aromatic N) is 3. The van der Waals surface area contributed by atoms with E-state index < -0.39 is 0 Å². The summed E-state index contributed by atoms with van der Waals surface area (Å²) in [5.41, 5.74) is 2.10. The van der Waals surface area contributed by atoms with E-state index in [0.717, 1.165) is 24.2 Å². The number of hydrogen-bond acceptors (Lipinski definition) is 6. The fourth-order valence-corrected chi connectivity index (χ4v) is 3.34. The Hall–Kier alpha value is -3.00. The highest BCUT2D eigenvalue weighted by Crippen LogP contribution is 2.23. The second-order valence-corrected chi connectivity index (χ2v) is 7.07. The molecule has 1 amide bonds. The lowest BCUT2D eigenvalue weighted by atomic mass is 10.1. The molecule has 0 unspecified atom stereocenters. The number of aromatic nitrogens is 3. The largest absolute Gasteiger partial charge is 0.497 e. The fourth-order valence-electron chi connectivity index (χ4n) is 2.66. The molecule has 0 spiro atoms. The fraction of sp³-hybridized carbons (Fsp3) is 0.250. The van der Waals surface area contributed by atoms with Crippen LogP contribution in [0.2, 0.25) is 0 Å². The molecular formula is C20H23N5O2S. The Morgan fingerprint density at radius 3 is 2.61 bits per heavy atom. The minimum Gasteiger partial charge on any atom is -0.497 e. The number of carbonyl (C=O) groups is 1. The van der Waals surface area contributed by atoms with Gasteiger partial charge in [0.05, 0.1) is 12.9 Å². The van der Waals surface area contributed by atoms with E-state index in [1.807, 2.05) is 42.5 Å². The Kier molecular flexibility index (Phi) is 6.91. The van der Waals surface area contributed by atoms with Crippen LogP contribution in [0.3, 0.4) is 0 Å². The van der Waals surface area contributed by atoms with Crippen molar-refractivity contribution in [3.8, 4) is 17.1 Å². The predicted molar refractivity (Wildman–Crippen MR) is 111 cm³/mol. The Balaban J connectivity index is 1.45. The molecular weight excluding hydrogens is 374 g/mol. The van der Waals surface area contributed by atoms with Crippen LogP contribution in [-0.4, -0.2) is 40.2 Å². The SMILES string of the molecule is COc1ccc(-c2nnc(SCC(=O)NCCCc3ccccc3)n2N)cc1. The minimum atomic E-state index is -0.0490. The van der Waals surface area contributed by atoms with Gasteiger partial charge in [-0.05, 0) is 42.7 Å². The molecule has 0 saturated carbocycles. The average Bonchev–Trinajstić information content (AvgIpc) is 3.11. The van der Waals surface area contributed by atoms with E-state index in [1.165, 1.54) is 22.0 Å². The van der Waals surface area contributed by atoms with Crippen molar-refractivity contribution < 1.29 is 9.53 Å². The highest BCUT2D eigenvalue weighted by Gasteiger charge is 2.13. The molecule has 3 N–H and O–H groups in total. The number of nitrogens with one attached hydrogen (secondary N) is 1. The average molecular weight is 398 g/mol. The molecule has 0 aliphatic heterocycles. The maximum absolute atomic E-state index is 12.0. The molecule has 0 aliphatic carbocycles. The number of nitrogen functional groups attached to an aromatic ring is 1. The number of hydrogen-bond donors (Lipinski definition) is 2. The summed E-state index contributed by atoms with van der Waals surface area (Å²) in [6.45, 7) is 0.640. The van der Waals surface area contributed by atoms with Gasteiger partial charge in [-0.3, -0.25) is 4.79 Å². The van der Waals surface area contributed by atoms with Crippen LogP contribution in [0.25, 0.3) is 11.4 Å². The van der Waals surface area contributed by atoms with Crippen molar-refractivity contribution in [3.05, 3.63) is 60.2 Å². The van der Waals surface area contributed by atoms with Gasteiger partial charge in [0.15, 0.2) is 5.82 Å². The lowest BCUT2D eigenvalue weighted by Crippen LogP contribution is -2.26. The topological polar surface area (TPSA) is 95.1 Å². The summed E-state index contributed by atoms with van der Waals surface area (Å²) in [6, 6.07) is 17.6. The lowest BCUT2D eigenvalue weighted by Gasteiger charge is -2.06. The van der Waals surface area contributed by atoms with Crippen molar-refractivity contribution in [3.63, 3.8) is 0 Å².